The number of halogens is 2. The van der Waals surface area contributed by atoms with E-state index in [0.717, 1.165) is 25.9 Å². The zero-order valence-corrected chi connectivity index (χ0v) is 17.5. The van der Waals surface area contributed by atoms with E-state index < -0.39 is 0 Å². The van der Waals surface area contributed by atoms with Gasteiger partial charge in [-0.05, 0) is 63.2 Å². The number of hydrogen-bond donors (Lipinski definition) is 1. The summed E-state index contributed by atoms with van der Waals surface area (Å²) < 4.78 is 25.4. The SMILES string of the molecule is CCOc1cc(C(=O)NCC(c2c(F)cccc2Cl)N2CCCC2)ccc1OC. The minimum absolute atomic E-state index is 0.259. The smallest absolute Gasteiger partial charge is 0.251 e. The lowest BCUT2D eigenvalue weighted by Gasteiger charge is -2.29. The van der Waals surface area contributed by atoms with Crippen molar-refractivity contribution in [1.29, 1.82) is 0 Å². The molecular formula is C22H26ClFN2O3. The maximum Gasteiger partial charge on any atom is 0.251 e. The molecule has 0 spiro atoms. The molecule has 7 heteroatoms. The second-order valence-electron chi connectivity index (χ2n) is 6.90. The number of benzene rings is 2. The van der Waals surface area contributed by atoms with Crippen LogP contribution in [-0.2, 0) is 0 Å². The van der Waals surface area contributed by atoms with Crippen LogP contribution in [0, 0.1) is 5.82 Å². The van der Waals surface area contributed by atoms with Crippen molar-refractivity contribution in [3.8, 4) is 11.5 Å². The molecule has 1 saturated heterocycles. The summed E-state index contributed by atoms with van der Waals surface area (Å²) in [5, 5.41) is 3.31. The monoisotopic (exact) mass is 420 g/mol. The summed E-state index contributed by atoms with van der Waals surface area (Å²) in [4.78, 5) is 14.9. The van der Waals surface area contributed by atoms with Gasteiger partial charge in [-0.3, -0.25) is 9.69 Å². The molecule has 1 amide bonds. The van der Waals surface area contributed by atoms with Gasteiger partial charge in [0.2, 0.25) is 0 Å². The number of nitrogens with zero attached hydrogens (tertiary/aromatic N) is 1. The van der Waals surface area contributed by atoms with Crippen molar-refractivity contribution in [2.24, 2.45) is 0 Å². The average Bonchev–Trinajstić information content (AvgIpc) is 3.24. The highest BCUT2D eigenvalue weighted by molar-refractivity contribution is 6.31. The molecule has 156 valence electrons. The molecule has 1 N–H and O–H groups in total. The van der Waals surface area contributed by atoms with Gasteiger partial charge in [0.25, 0.3) is 5.91 Å². The van der Waals surface area contributed by atoms with Crippen molar-refractivity contribution in [2.75, 3.05) is 33.4 Å². The average molecular weight is 421 g/mol. The molecule has 1 aliphatic rings. The second kappa shape index (κ2) is 9.94. The number of rotatable bonds is 8. The molecule has 29 heavy (non-hydrogen) atoms. The summed E-state index contributed by atoms with van der Waals surface area (Å²) in [7, 11) is 1.55. The van der Waals surface area contributed by atoms with E-state index >= 15 is 0 Å². The zero-order valence-electron chi connectivity index (χ0n) is 16.7. The summed E-state index contributed by atoms with van der Waals surface area (Å²) in [5.41, 5.74) is 0.884. The first kappa shape index (κ1) is 21.4. The van der Waals surface area contributed by atoms with E-state index in [4.69, 9.17) is 21.1 Å². The fraction of sp³-hybridized carbons (Fsp3) is 0.409. The van der Waals surface area contributed by atoms with Gasteiger partial charge >= 0.3 is 0 Å². The molecule has 0 aliphatic carbocycles. The van der Waals surface area contributed by atoms with Crippen molar-refractivity contribution in [1.82, 2.24) is 10.2 Å². The molecule has 1 fully saturated rings. The number of carbonyl (C=O) groups excluding carboxylic acids is 1. The minimum Gasteiger partial charge on any atom is -0.493 e. The molecule has 0 radical (unpaired) electrons. The quantitative estimate of drug-likeness (QED) is 0.685. The first-order chi connectivity index (χ1) is 14.0. The second-order valence-corrected chi connectivity index (χ2v) is 7.31. The van der Waals surface area contributed by atoms with Gasteiger partial charge in [0.15, 0.2) is 11.5 Å². The van der Waals surface area contributed by atoms with Crippen LogP contribution in [0.2, 0.25) is 5.02 Å². The Morgan fingerprint density at radius 1 is 1.24 bits per heavy atom. The molecule has 0 aromatic heterocycles. The third kappa shape index (κ3) is 5.00. The Hall–Kier alpha value is -2.31. The zero-order chi connectivity index (χ0) is 20.8. The van der Waals surface area contributed by atoms with E-state index in [2.05, 4.69) is 10.2 Å². The molecule has 2 aromatic rings. The molecule has 1 aliphatic heterocycles. The van der Waals surface area contributed by atoms with Gasteiger partial charge in [-0.2, -0.15) is 0 Å². The normalized spacial score (nSPS) is 15.2. The standard InChI is InChI=1S/C22H26ClFN2O3/c1-3-29-20-13-15(9-10-19(20)28-2)22(27)25-14-18(26-11-4-5-12-26)21-16(23)7-6-8-17(21)24/h6-10,13,18H,3-5,11-12,14H2,1-2H3,(H,25,27). The molecule has 1 unspecified atom stereocenters. The van der Waals surface area contributed by atoms with Gasteiger partial charge in [-0.25, -0.2) is 4.39 Å². The van der Waals surface area contributed by atoms with Crippen LogP contribution in [0.3, 0.4) is 0 Å². The van der Waals surface area contributed by atoms with Crippen LogP contribution in [0.1, 0.15) is 41.7 Å². The van der Waals surface area contributed by atoms with Gasteiger partial charge in [0.05, 0.1) is 19.8 Å². The van der Waals surface area contributed by atoms with E-state index in [1.807, 2.05) is 6.92 Å². The molecule has 1 atom stereocenters. The summed E-state index contributed by atoms with van der Waals surface area (Å²) >= 11 is 6.31. The van der Waals surface area contributed by atoms with Crippen LogP contribution in [0.5, 0.6) is 11.5 Å². The van der Waals surface area contributed by atoms with E-state index in [1.165, 1.54) is 6.07 Å². The molecular weight excluding hydrogens is 395 g/mol. The van der Waals surface area contributed by atoms with E-state index in [0.29, 0.717) is 34.3 Å². The van der Waals surface area contributed by atoms with Crippen molar-refractivity contribution in [3.05, 3.63) is 58.4 Å². The first-order valence-electron chi connectivity index (χ1n) is 9.82. The van der Waals surface area contributed by atoms with Crippen LogP contribution in [-0.4, -0.2) is 44.2 Å². The molecule has 1 heterocycles. The number of ether oxygens (including phenoxy) is 2. The number of amides is 1. The van der Waals surface area contributed by atoms with Crippen molar-refractivity contribution in [3.63, 3.8) is 0 Å². The van der Waals surface area contributed by atoms with Gasteiger partial charge in [-0.15, -0.1) is 0 Å². The van der Waals surface area contributed by atoms with Gasteiger partial charge in [0.1, 0.15) is 5.82 Å². The van der Waals surface area contributed by atoms with E-state index in [9.17, 15) is 9.18 Å². The van der Waals surface area contributed by atoms with Crippen LogP contribution in [0.25, 0.3) is 0 Å². The number of nitrogens with one attached hydrogen (secondary N) is 1. The Labute approximate surface area is 175 Å². The van der Waals surface area contributed by atoms with Crippen molar-refractivity contribution >= 4 is 17.5 Å². The maximum absolute atomic E-state index is 14.6. The molecule has 0 saturated carbocycles. The first-order valence-corrected chi connectivity index (χ1v) is 10.2. The Bertz CT molecular complexity index is 836. The lowest BCUT2D eigenvalue weighted by Crippen LogP contribution is -2.37. The highest BCUT2D eigenvalue weighted by Gasteiger charge is 2.28. The molecule has 2 aromatic carbocycles. The van der Waals surface area contributed by atoms with Gasteiger partial charge < -0.3 is 14.8 Å². The summed E-state index contributed by atoms with van der Waals surface area (Å²) in [5.74, 6) is 0.462. The van der Waals surface area contributed by atoms with Crippen LogP contribution < -0.4 is 14.8 Å². The van der Waals surface area contributed by atoms with E-state index in [1.54, 1.807) is 37.4 Å². The largest absolute Gasteiger partial charge is 0.493 e. The number of likely N-dealkylation sites (tertiary alicyclic amines) is 1. The van der Waals surface area contributed by atoms with E-state index in [-0.39, 0.29) is 24.3 Å². The number of hydrogen-bond acceptors (Lipinski definition) is 4. The summed E-state index contributed by atoms with van der Waals surface area (Å²) in [6.45, 7) is 4.29. The third-order valence-corrected chi connectivity index (χ3v) is 5.43. The fourth-order valence-corrected chi connectivity index (χ4v) is 3.96. The number of methoxy groups -OCH3 is 1. The van der Waals surface area contributed by atoms with Crippen LogP contribution in [0.4, 0.5) is 4.39 Å². The van der Waals surface area contributed by atoms with Crippen molar-refractivity contribution in [2.45, 2.75) is 25.8 Å². The Kier molecular flexibility index (Phi) is 7.34. The third-order valence-electron chi connectivity index (χ3n) is 5.10. The fourth-order valence-electron chi connectivity index (χ4n) is 3.67. The maximum atomic E-state index is 14.6. The predicted molar refractivity (Wildman–Crippen MR) is 111 cm³/mol. The predicted octanol–water partition coefficient (Wildman–Crippen LogP) is 4.45. The minimum atomic E-state index is -0.355. The van der Waals surface area contributed by atoms with Crippen LogP contribution >= 0.6 is 11.6 Å². The lowest BCUT2D eigenvalue weighted by atomic mass is 10.0. The number of carbonyl (C=O) groups is 1. The Balaban J connectivity index is 1.79. The van der Waals surface area contributed by atoms with Crippen molar-refractivity contribution < 1.29 is 18.7 Å². The Morgan fingerprint density at radius 3 is 2.66 bits per heavy atom. The molecule has 0 bridgehead atoms. The Morgan fingerprint density at radius 2 is 2.00 bits per heavy atom. The van der Waals surface area contributed by atoms with Gasteiger partial charge in [-0.1, -0.05) is 17.7 Å². The topological polar surface area (TPSA) is 50.8 Å². The highest BCUT2D eigenvalue weighted by atomic mass is 35.5. The highest BCUT2D eigenvalue weighted by Crippen LogP contribution is 2.32. The molecule has 3 rings (SSSR count). The molecule has 5 nitrogen and oxygen atoms in total. The van der Waals surface area contributed by atoms with Crippen LogP contribution in [0.15, 0.2) is 36.4 Å². The summed E-state index contributed by atoms with van der Waals surface area (Å²) in [6.07, 6.45) is 2.10. The summed E-state index contributed by atoms with van der Waals surface area (Å²) in [6, 6.07) is 9.39. The lowest BCUT2D eigenvalue weighted by molar-refractivity contribution is 0.0936. The van der Waals surface area contributed by atoms with Gasteiger partial charge in [0, 0.05) is 22.7 Å².